The molecule has 0 aliphatic rings. The summed E-state index contributed by atoms with van der Waals surface area (Å²) in [5.41, 5.74) is 7.69. The third-order valence-electron chi connectivity index (χ3n) is 2.90. The van der Waals surface area contributed by atoms with Gasteiger partial charge in [0.15, 0.2) is 0 Å². The quantitative estimate of drug-likeness (QED) is 0.786. The molecule has 1 aromatic carbocycles. The number of benzene rings is 1. The Labute approximate surface area is 136 Å². The number of halogens is 2. The number of hydrogen-bond acceptors (Lipinski definition) is 4. The van der Waals surface area contributed by atoms with Crippen molar-refractivity contribution in [2.45, 2.75) is 18.7 Å². The van der Waals surface area contributed by atoms with Crippen molar-refractivity contribution in [2.24, 2.45) is 0 Å². The average molecular weight is 391 g/mol. The van der Waals surface area contributed by atoms with Gasteiger partial charge in [0.05, 0.1) is 5.02 Å². The van der Waals surface area contributed by atoms with Gasteiger partial charge in [-0.3, -0.25) is 4.72 Å². The highest BCUT2D eigenvalue weighted by molar-refractivity contribution is 9.10. The smallest absolute Gasteiger partial charge is 0.264 e. The van der Waals surface area contributed by atoms with E-state index in [-0.39, 0.29) is 15.7 Å². The van der Waals surface area contributed by atoms with Crippen molar-refractivity contribution < 1.29 is 8.42 Å². The van der Waals surface area contributed by atoms with E-state index in [1.54, 1.807) is 13.0 Å². The van der Waals surface area contributed by atoms with Gasteiger partial charge in [-0.2, -0.15) is 0 Å². The topological polar surface area (TPSA) is 85.1 Å². The van der Waals surface area contributed by atoms with Crippen molar-refractivity contribution in [1.82, 2.24) is 4.98 Å². The Morgan fingerprint density at radius 1 is 1.24 bits per heavy atom. The van der Waals surface area contributed by atoms with Gasteiger partial charge >= 0.3 is 0 Å². The van der Waals surface area contributed by atoms with Gasteiger partial charge in [-0.1, -0.05) is 11.6 Å². The van der Waals surface area contributed by atoms with E-state index in [2.05, 4.69) is 25.6 Å². The predicted molar refractivity (Wildman–Crippen MR) is 88.1 cm³/mol. The van der Waals surface area contributed by atoms with Crippen molar-refractivity contribution in [3.8, 4) is 0 Å². The number of rotatable bonds is 3. The van der Waals surface area contributed by atoms with E-state index in [0.717, 1.165) is 15.6 Å². The standard InChI is InChI=1S/C13H13BrClN3O2S/c1-7-4-13(17-6-9(7)14)18-21(19,20)12-5-11(16)8(2)3-10(12)15/h3-6H,16H2,1-2H3,(H,17,18). The maximum Gasteiger partial charge on any atom is 0.264 e. The minimum atomic E-state index is -3.85. The van der Waals surface area contributed by atoms with Crippen LogP contribution in [-0.2, 0) is 10.0 Å². The number of aryl methyl sites for hydroxylation is 2. The molecule has 8 heteroatoms. The molecule has 2 aromatic rings. The van der Waals surface area contributed by atoms with Gasteiger partial charge in [-0.05, 0) is 59.1 Å². The van der Waals surface area contributed by atoms with Crippen molar-refractivity contribution in [3.63, 3.8) is 0 Å². The molecule has 0 bridgehead atoms. The molecule has 1 aromatic heterocycles. The normalized spacial score (nSPS) is 11.4. The van der Waals surface area contributed by atoms with Crippen LogP contribution in [-0.4, -0.2) is 13.4 Å². The second kappa shape index (κ2) is 5.82. The summed E-state index contributed by atoms with van der Waals surface area (Å²) < 4.78 is 27.9. The number of pyridine rings is 1. The predicted octanol–water partition coefficient (Wildman–Crippen LogP) is 3.50. The molecule has 0 atom stereocenters. The fourth-order valence-electron chi connectivity index (χ4n) is 1.66. The second-order valence-corrected chi connectivity index (χ2v) is 7.48. The van der Waals surface area contributed by atoms with Crippen molar-refractivity contribution >= 4 is 49.1 Å². The summed E-state index contributed by atoms with van der Waals surface area (Å²) in [6, 6.07) is 4.48. The lowest BCUT2D eigenvalue weighted by Gasteiger charge is -2.11. The van der Waals surface area contributed by atoms with Crippen molar-refractivity contribution in [1.29, 1.82) is 0 Å². The van der Waals surface area contributed by atoms with Crippen LogP contribution in [0.25, 0.3) is 0 Å². The van der Waals surface area contributed by atoms with Gasteiger partial charge in [0, 0.05) is 16.4 Å². The summed E-state index contributed by atoms with van der Waals surface area (Å²) in [7, 11) is -3.85. The van der Waals surface area contributed by atoms with Gasteiger partial charge in [0.2, 0.25) is 0 Å². The van der Waals surface area contributed by atoms with Crippen LogP contribution < -0.4 is 10.5 Å². The summed E-state index contributed by atoms with van der Waals surface area (Å²) in [6.07, 6.45) is 1.53. The second-order valence-electron chi connectivity index (χ2n) is 4.56. The highest BCUT2D eigenvalue weighted by Crippen LogP contribution is 2.28. The molecule has 0 saturated heterocycles. The lowest BCUT2D eigenvalue weighted by Crippen LogP contribution is -2.15. The monoisotopic (exact) mass is 389 g/mol. The molecule has 0 aliphatic carbocycles. The third kappa shape index (κ3) is 3.48. The van der Waals surface area contributed by atoms with E-state index in [4.69, 9.17) is 17.3 Å². The molecule has 0 fully saturated rings. The Morgan fingerprint density at radius 2 is 1.90 bits per heavy atom. The van der Waals surface area contributed by atoms with Gasteiger partial charge in [-0.25, -0.2) is 13.4 Å². The van der Waals surface area contributed by atoms with Gasteiger partial charge in [-0.15, -0.1) is 0 Å². The van der Waals surface area contributed by atoms with E-state index >= 15 is 0 Å². The maximum absolute atomic E-state index is 12.4. The van der Waals surface area contributed by atoms with Crippen molar-refractivity contribution in [2.75, 3.05) is 10.5 Å². The summed E-state index contributed by atoms with van der Waals surface area (Å²) >= 11 is 9.31. The van der Waals surface area contributed by atoms with Gasteiger partial charge in [0.25, 0.3) is 10.0 Å². The molecule has 0 radical (unpaired) electrons. The highest BCUT2D eigenvalue weighted by Gasteiger charge is 2.20. The number of sulfonamides is 1. The Balaban J connectivity index is 2.43. The van der Waals surface area contributed by atoms with Crippen LogP contribution in [0.15, 0.2) is 33.8 Å². The van der Waals surface area contributed by atoms with Crippen LogP contribution in [0.1, 0.15) is 11.1 Å². The van der Waals surface area contributed by atoms with Crippen LogP contribution in [0.5, 0.6) is 0 Å². The first kappa shape index (κ1) is 16.1. The van der Waals surface area contributed by atoms with Crippen molar-refractivity contribution in [3.05, 3.63) is 45.0 Å². The molecule has 21 heavy (non-hydrogen) atoms. The number of hydrogen-bond donors (Lipinski definition) is 2. The number of nitrogens with two attached hydrogens (primary N) is 1. The first-order chi connectivity index (χ1) is 9.70. The Morgan fingerprint density at radius 3 is 2.52 bits per heavy atom. The number of nitrogens with zero attached hydrogens (tertiary/aromatic N) is 1. The first-order valence-corrected chi connectivity index (χ1v) is 8.56. The van der Waals surface area contributed by atoms with E-state index in [9.17, 15) is 8.42 Å². The minimum Gasteiger partial charge on any atom is -0.398 e. The Bertz CT molecular complexity index is 809. The molecule has 0 unspecified atom stereocenters. The number of nitrogen functional groups attached to an aromatic ring is 1. The maximum atomic E-state index is 12.4. The average Bonchev–Trinajstić information content (AvgIpc) is 2.37. The minimum absolute atomic E-state index is 0.0744. The molecule has 2 rings (SSSR count). The SMILES string of the molecule is Cc1cc(Cl)c(S(=O)(=O)Nc2cc(C)c(Br)cn2)cc1N. The fraction of sp³-hybridized carbons (Fsp3) is 0.154. The van der Waals surface area contributed by atoms with Crippen LogP contribution in [0.4, 0.5) is 11.5 Å². The molecular weight excluding hydrogens is 378 g/mol. The van der Waals surface area contributed by atoms with E-state index in [1.807, 2.05) is 6.92 Å². The molecule has 0 saturated carbocycles. The number of nitrogens with one attached hydrogen (secondary N) is 1. The zero-order chi connectivity index (χ0) is 15.8. The summed E-state index contributed by atoms with van der Waals surface area (Å²) in [5, 5.41) is 0.114. The zero-order valence-corrected chi connectivity index (χ0v) is 14.5. The lowest BCUT2D eigenvalue weighted by molar-refractivity contribution is 0.601. The largest absolute Gasteiger partial charge is 0.398 e. The molecule has 0 amide bonds. The molecule has 3 N–H and O–H groups in total. The van der Waals surface area contributed by atoms with Gasteiger partial charge in [0.1, 0.15) is 10.7 Å². The summed E-state index contributed by atoms with van der Waals surface area (Å²) in [5.74, 6) is 0.214. The number of aromatic nitrogens is 1. The van der Waals surface area contributed by atoms with Crippen LogP contribution >= 0.6 is 27.5 Å². The van der Waals surface area contributed by atoms with Gasteiger partial charge < -0.3 is 5.73 Å². The van der Waals surface area contributed by atoms with E-state index in [1.165, 1.54) is 18.3 Å². The summed E-state index contributed by atoms with van der Waals surface area (Å²) in [6.45, 7) is 3.59. The van der Waals surface area contributed by atoms with Crippen LogP contribution in [0, 0.1) is 13.8 Å². The molecular formula is C13H13BrClN3O2S. The highest BCUT2D eigenvalue weighted by atomic mass is 79.9. The van der Waals surface area contributed by atoms with Crippen LogP contribution in [0.3, 0.4) is 0 Å². The Kier molecular flexibility index (Phi) is 4.46. The van der Waals surface area contributed by atoms with E-state index in [0.29, 0.717) is 5.69 Å². The van der Waals surface area contributed by atoms with E-state index < -0.39 is 10.0 Å². The first-order valence-electron chi connectivity index (χ1n) is 5.91. The Hall–Kier alpha value is -1.31. The summed E-state index contributed by atoms with van der Waals surface area (Å²) in [4.78, 5) is 3.93. The van der Waals surface area contributed by atoms with Crippen LogP contribution in [0.2, 0.25) is 5.02 Å². The molecule has 0 aliphatic heterocycles. The molecule has 5 nitrogen and oxygen atoms in total. The molecule has 0 spiro atoms. The third-order valence-corrected chi connectivity index (χ3v) is 5.55. The molecule has 1 heterocycles. The fourth-order valence-corrected chi connectivity index (χ4v) is 3.50. The number of anilines is 2. The zero-order valence-electron chi connectivity index (χ0n) is 11.3. The molecule has 112 valence electrons. The lowest BCUT2D eigenvalue weighted by atomic mass is 10.2.